The number of carbonyl (C=O) groups excluding carboxylic acids is 1. The Kier molecular flexibility index (Phi) is 7.05. The van der Waals surface area contributed by atoms with E-state index in [4.69, 9.17) is 10.5 Å². The number of carbonyl (C=O) groups is 2. The molecule has 1 aliphatic rings. The fourth-order valence-corrected chi connectivity index (χ4v) is 3.90. The highest BCUT2D eigenvalue weighted by Gasteiger charge is 2.44. The highest BCUT2D eigenvalue weighted by molar-refractivity contribution is 6.41. The molecule has 9 heteroatoms. The molecule has 4 N–H and O–H groups in total. The Morgan fingerprint density at radius 3 is 2.41 bits per heavy atom. The number of hydrogen-bond donors (Lipinski definition) is 4. The van der Waals surface area contributed by atoms with E-state index in [9.17, 15) is 27.9 Å². The molecule has 6 nitrogen and oxygen atoms in total. The summed E-state index contributed by atoms with van der Waals surface area (Å²) in [6.45, 7) is 1.48. The first-order valence-corrected chi connectivity index (χ1v) is 9.44. The fraction of sp³-hybridized carbons (Fsp3) is 0.550. The van der Waals surface area contributed by atoms with Crippen LogP contribution in [0.25, 0.3) is 0 Å². The predicted molar refractivity (Wildman–Crippen MR) is 100 cm³/mol. The minimum Gasteiger partial charge on any atom is -0.465 e. The van der Waals surface area contributed by atoms with Gasteiger partial charge in [0.1, 0.15) is 0 Å². The molecule has 1 amide bonds. The van der Waals surface area contributed by atoms with Crippen molar-refractivity contribution in [3.8, 4) is 0 Å². The maximum atomic E-state index is 13.2. The number of amides is 1. The highest BCUT2D eigenvalue weighted by atomic mass is 19.4. The molecule has 1 saturated carbocycles. The Morgan fingerprint density at radius 1 is 1.24 bits per heavy atom. The Morgan fingerprint density at radius 2 is 1.86 bits per heavy atom. The van der Waals surface area contributed by atoms with Crippen molar-refractivity contribution in [2.45, 2.75) is 69.2 Å². The van der Waals surface area contributed by atoms with Crippen LogP contribution in [0, 0.1) is 5.41 Å². The summed E-state index contributed by atoms with van der Waals surface area (Å²) in [5.41, 5.74) is -2.90. The van der Waals surface area contributed by atoms with Crippen molar-refractivity contribution in [2.24, 2.45) is 0 Å². The average molecular weight is 414 g/mol. The molecule has 1 aliphatic carbocycles. The zero-order valence-electron chi connectivity index (χ0n) is 16.1. The summed E-state index contributed by atoms with van der Waals surface area (Å²) >= 11 is 0. The van der Waals surface area contributed by atoms with Crippen LogP contribution in [-0.4, -0.2) is 39.4 Å². The third-order valence-electron chi connectivity index (χ3n) is 5.24. The van der Waals surface area contributed by atoms with E-state index >= 15 is 0 Å². The second-order valence-electron chi connectivity index (χ2n) is 7.62. The van der Waals surface area contributed by atoms with Crippen LogP contribution in [0.5, 0.6) is 0 Å². The van der Waals surface area contributed by atoms with Gasteiger partial charge in [-0.05, 0) is 31.4 Å². The molecule has 0 saturated heterocycles. The number of hydrogen-bond acceptors (Lipinski definition) is 4. The first-order valence-electron chi connectivity index (χ1n) is 9.44. The number of Topliss-reactive ketones (excluding diaryl/α,β-unsaturated/α-hetero) is 1. The van der Waals surface area contributed by atoms with Gasteiger partial charge in [-0.2, -0.15) is 13.2 Å². The summed E-state index contributed by atoms with van der Waals surface area (Å²) in [6, 6.07) is 3.55. The summed E-state index contributed by atoms with van der Waals surface area (Å²) in [5, 5.41) is 30.2. The molecule has 0 aromatic heterocycles. The Balaban J connectivity index is 2.39. The Bertz CT molecular complexity index is 773. The van der Waals surface area contributed by atoms with Crippen molar-refractivity contribution in [1.82, 2.24) is 5.32 Å². The first kappa shape index (κ1) is 22.9. The largest absolute Gasteiger partial charge is 0.465 e. The summed E-state index contributed by atoms with van der Waals surface area (Å²) < 4.78 is 39.5. The van der Waals surface area contributed by atoms with Crippen LogP contribution in [0.15, 0.2) is 24.3 Å². The van der Waals surface area contributed by atoms with Crippen LogP contribution in [0.1, 0.15) is 62.5 Å². The maximum Gasteiger partial charge on any atom is 0.416 e. The van der Waals surface area contributed by atoms with Gasteiger partial charge in [0, 0.05) is 12.5 Å². The molecule has 1 unspecified atom stereocenters. The van der Waals surface area contributed by atoms with Gasteiger partial charge in [0.05, 0.1) is 22.8 Å². The number of aliphatic hydroxyl groups is 1. The lowest BCUT2D eigenvalue weighted by Gasteiger charge is -2.39. The van der Waals surface area contributed by atoms with Crippen molar-refractivity contribution in [3.05, 3.63) is 35.4 Å². The molecular weight excluding hydrogens is 389 g/mol. The van der Waals surface area contributed by atoms with E-state index in [0.717, 1.165) is 18.6 Å². The highest BCUT2D eigenvalue weighted by Crippen LogP contribution is 2.42. The lowest BCUT2D eigenvalue weighted by Crippen LogP contribution is -2.45. The normalized spacial score (nSPS) is 18.5. The van der Waals surface area contributed by atoms with Crippen LogP contribution in [0.4, 0.5) is 18.0 Å². The predicted octanol–water partition coefficient (Wildman–Crippen LogP) is 4.12. The SMILES string of the molecule is C[C@@H](CC(=N)C(=O)C(c1cccc(C(F)(F)F)c1)C1(O)CCCCC1)NC(=O)O. The van der Waals surface area contributed by atoms with Gasteiger partial charge in [0.15, 0.2) is 5.78 Å². The number of carboxylic acid groups (broad SMARTS) is 1. The monoisotopic (exact) mass is 414 g/mol. The molecule has 0 aliphatic heterocycles. The second-order valence-corrected chi connectivity index (χ2v) is 7.62. The van der Waals surface area contributed by atoms with Gasteiger partial charge in [-0.25, -0.2) is 4.79 Å². The zero-order valence-corrected chi connectivity index (χ0v) is 16.1. The molecule has 0 radical (unpaired) electrons. The summed E-state index contributed by atoms with van der Waals surface area (Å²) in [4.78, 5) is 23.8. The topological polar surface area (TPSA) is 110 Å². The maximum absolute atomic E-state index is 13.2. The number of benzene rings is 1. The first-order chi connectivity index (χ1) is 13.4. The summed E-state index contributed by atoms with van der Waals surface area (Å²) in [5.74, 6) is -2.10. The van der Waals surface area contributed by atoms with Gasteiger partial charge in [-0.1, -0.05) is 37.5 Å². The molecule has 2 rings (SSSR count). The molecule has 2 atom stereocenters. The third kappa shape index (κ3) is 5.79. The second kappa shape index (κ2) is 8.94. The van der Waals surface area contributed by atoms with Crippen molar-refractivity contribution in [1.29, 1.82) is 5.41 Å². The Labute approximate surface area is 166 Å². The van der Waals surface area contributed by atoms with E-state index in [1.54, 1.807) is 0 Å². The lowest BCUT2D eigenvalue weighted by molar-refractivity contribution is -0.138. The molecule has 1 aromatic carbocycles. The minimum absolute atomic E-state index is 0.0119. The number of alkyl halides is 3. The van der Waals surface area contributed by atoms with Crippen LogP contribution in [0.3, 0.4) is 0 Å². The number of ketones is 1. The van der Waals surface area contributed by atoms with Crippen LogP contribution in [-0.2, 0) is 11.0 Å². The number of nitrogens with one attached hydrogen (secondary N) is 2. The molecule has 29 heavy (non-hydrogen) atoms. The van der Waals surface area contributed by atoms with E-state index in [-0.39, 0.29) is 24.8 Å². The molecule has 0 bridgehead atoms. The lowest BCUT2D eigenvalue weighted by atomic mass is 9.70. The van der Waals surface area contributed by atoms with Crippen LogP contribution in [0.2, 0.25) is 0 Å². The molecular formula is C20H25F3N2O4. The summed E-state index contributed by atoms with van der Waals surface area (Å²) in [7, 11) is 0. The average Bonchev–Trinajstić information content (AvgIpc) is 2.61. The number of rotatable bonds is 7. The van der Waals surface area contributed by atoms with Gasteiger partial charge in [-0.15, -0.1) is 0 Å². The van der Waals surface area contributed by atoms with Crippen LogP contribution >= 0.6 is 0 Å². The smallest absolute Gasteiger partial charge is 0.416 e. The molecule has 0 spiro atoms. The van der Waals surface area contributed by atoms with E-state index < -0.39 is 46.9 Å². The molecule has 1 aromatic rings. The minimum atomic E-state index is -4.60. The third-order valence-corrected chi connectivity index (χ3v) is 5.24. The van der Waals surface area contributed by atoms with Gasteiger partial charge < -0.3 is 20.9 Å². The van der Waals surface area contributed by atoms with Crippen molar-refractivity contribution < 1.29 is 33.0 Å². The van der Waals surface area contributed by atoms with Crippen molar-refractivity contribution in [3.63, 3.8) is 0 Å². The Hall–Kier alpha value is -2.42. The fourth-order valence-electron chi connectivity index (χ4n) is 3.90. The van der Waals surface area contributed by atoms with Gasteiger partial charge in [0.25, 0.3) is 0 Å². The van der Waals surface area contributed by atoms with Gasteiger partial charge in [0.2, 0.25) is 0 Å². The molecule has 0 heterocycles. The van der Waals surface area contributed by atoms with E-state index in [0.29, 0.717) is 12.8 Å². The van der Waals surface area contributed by atoms with Crippen molar-refractivity contribution in [2.75, 3.05) is 0 Å². The molecule has 160 valence electrons. The van der Waals surface area contributed by atoms with Gasteiger partial charge >= 0.3 is 12.3 Å². The van der Waals surface area contributed by atoms with Crippen LogP contribution < -0.4 is 5.32 Å². The summed E-state index contributed by atoms with van der Waals surface area (Å²) in [6.07, 6.45) is -3.54. The zero-order chi connectivity index (χ0) is 21.8. The van der Waals surface area contributed by atoms with E-state index in [1.165, 1.54) is 19.1 Å². The number of halogens is 3. The molecule has 1 fully saturated rings. The van der Waals surface area contributed by atoms with E-state index in [1.807, 2.05) is 0 Å². The van der Waals surface area contributed by atoms with Gasteiger partial charge in [-0.3, -0.25) is 4.79 Å². The van der Waals surface area contributed by atoms with E-state index in [2.05, 4.69) is 5.32 Å². The quantitative estimate of drug-likeness (QED) is 0.503. The standard InChI is InChI=1S/C20H25F3N2O4/c1-12(25-18(27)28)10-15(24)17(26)16(19(29)8-3-2-4-9-19)13-6-5-7-14(11-13)20(21,22)23/h5-7,11-12,16,24-25,29H,2-4,8-10H2,1H3,(H,27,28)/t12-,16?/m0/s1. The van der Waals surface area contributed by atoms with Crippen molar-refractivity contribution >= 4 is 17.6 Å².